The molecule has 1 aromatic rings. The molecule has 0 saturated heterocycles. The minimum atomic E-state index is -0.385. The smallest absolute Gasteiger partial charge is 0.166 e. The van der Waals surface area contributed by atoms with Gasteiger partial charge in [-0.05, 0) is 31.7 Å². The van der Waals surface area contributed by atoms with Crippen molar-refractivity contribution in [3.8, 4) is 0 Å². The summed E-state index contributed by atoms with van der Waals surface area (Å²) in [5.74, 6) is 0.220. The molecule has 0 amide bonds. The summed E-state index contributed by atoms with van der Waals surface area (Å²) in [6, 6.07) is 7.79. The van der Waals surface area contributed by atoms with E-state index in [-0.39, 0.29) is 17.8 Å². The van der Waals surface area contributed by atoms with Gasteiger partial charge in [-0.3, -0.25) is 4.79 Å². The Morgan fingerprint density at radius 1 is 1.47 bits per heavy atom. The number of aliphatic hydroxyl groups excluding tert-OH is 1. The molecule has 1 N–H and O–H groups in total. The highest BCUT2D eigenvalue weighted by Crippen LogP contribution is 2.28. The second-order valence-electron chi connectivity index (χ2n) is 4.34. The maximum Gasteiger partial charge on any atom is 0.166 e. The standard InChI is InChI=1S/C13H16O2/c1-9(14)8-11-7-6-10-4-2-3-5-12(10)13(11)15/h2-5,9,11,14H,6-8H2,1H3/t9-,11+/m1/s1. The fraction of sp³-hybridized carbons (Fsp3) is 0.462. The van der Waals surface area contributed by atoms with Gasteiger partial charge in [0.25, 0.3) is 0 Å². The highest BCUT2D eigenvalue weighted by atomic mass is 16.3. The number of aliphatic hydroxyl groups is 1. The molecule has 2 heteroatoms. The van der Waals surface area contributed by atoms with Crippen LogP contribution in [0.1, 0.15) is 35.7 Å². The molecule has 2 rings (SSSR count). The van der Waals surface area contributed by atoms with Gasteiger partial charge in [-0.1, -0.05) is 24.3 Å². The molecule has 1 aliphatic carbocycles. The fourth-order valence-corrected chi connectivity index (χ4v) is 2.30. The summed E-state index contributed by atoms with van der Waals surface area (Å²) in [5, 5.41) is 9.32. The summed E-state index contributed by atoms with van der Waals surface area (Å²) in [7, 11) is 0. The number of carbonyl (C=O) groups excluding carboxylic acids is 1. The fourth-order valence-electron chi connectivity index (χ4n) is 2.30. The van der Waals surface area contributed by atoms with Crippen molar-refractivity contribution in [1.29, 1.82) is 0 Å². The van der Waals surface area contributed by atoms with Crippen LogP contribution in [0.15, 0.2) is 24.3 Å². The quantitative estimate of drug-likeness (QED) is 0.801. The molecular formula is C13H16O2. The molecule has 1 aliphatic rings. The molecule has 0 bridgehead atoms. The Hall–Kier alpha value is -1.15. The third kappa shape index (κ3) is 2.10. The third-order valence-electron chi connectivity index (χ3n) is 3.04. The number of hydrogen-bond acceptors (Lipinski definition) is 2. The molecule has 0 fully saturated rings. The number of Topliss-reactive ketones (excluding diaryl/α,β-unsaturated/α-hetero) is 1. The second-order valence-corrected chi connectivity index (χ2v) is 4.34. The van der Waals surface area contributed by atoms with Crippen molar-refractivity contribution in [2.75, 3.05) is 0 Å². The summed E-state index contributed by atoms with van der Waals surface area (Å²) < 4.78 is 0. The van der Waals surface area contributed by atoms with Gasteiger partial charge in [0.1, 0.15) is 0 Å². The van der Waals surface area contributed by atoms with E-state index in [2.05, 4.69) is 0 Å². The molecule has 15 heavy (non-hydrogen) atoms. The van der Waals surface area contributed by atoms with Crippen LogP contribution in [0.25, 0.3) is 0 Å². The van der Waals surface area contributed by atoms with Crippen molar-refractivity contribution in [2.24, 2.45) is 5.92 Å². The van der Waals surface area contributed by atoms with Crippen LogP contribution in [0.5, 0.6) is 0 Å². The van der Waals surface area contributed by atoms with Crippen molar-refractivity contribution < 1.29 is 9.90 Å². The van der Waals surface area contributed by atoms with Crippen molar-refractivity contribution in [1.82, 2.24) is 0 Å². The van der Waals surface area contributed by atoms with E-state index >= 15 is 0 Å². The van der Waals surface area contributed by atoms with Crippen molar-refractivity contribution in [3.05, 3.63) is 35.4 Å². The minimum absolute atomic E-state index is 0.0138. The van der Waals surface area contributed by atoms with Crippen molar-refractivity contribution >= 4 is 5.78 Å². The average Bonchev–Trinajstić information content (AvgIpc) is 2.22. The van der Waals surface area contributed by atoms with Gasteiger partial charge in [-0.2, -0.15) is 0 Å². The molecule has 1 aromatic carbocycles. The Balaban J connectivity index is 2.22. The van der Waals surface area contributed by atoms with Gasteiger partial charge in [0.15, 0.2) is 5.78 Å². The first-order valence-corrected chi connectivity index (χ1v) is 5.48. The van der Waals surface area contributed by atoms with Crippen molar-refractivity contribution in [3.63, 3.8) is 0 Å². The van der Waals surface area contributed by atoms with E-state index in [1.165, 1.54) is 0 Å². The number of hydrogen-bond donors (Lipinski definition) is 1. The largest absolute Gasteiger partial charge is 0.393 e. The van der Waals surface area contributed by atoms with Gasteiger partial charge in [0, 0.05) is 11.5 Å². The number of rotatable bonds is 2. The Morgan fingerprint density at radius 2 is 2.20 bits per heavy atom. The van der Waals surface area contributed by atoms with Crippen LogP contribution in [-0.4, -0.2) is 17.0 Å². The molecular weight excluding hydrogens is 188 g/mol. The topological polar surface area (TPSA) is 37.3 Å². The second kappa shape index (κ2) is 4.15. The highest BCUT2D eigenvalue weighted by molar-refractivity contribution is 6.00. The van der Waals surface area contributed by atoms with E-state index < -0.39 is 0 Å². The summed E-state index contributed by atoms with van der Waals surface area (Å²) in [6.07, 6.45) is 2.04. The van der Waals surface area contributed by atoms with Crippen LogP contribution >= 0.6 is 0 Å². The first-order valence-electron chi connectivity index (χ1n) is 5.48. The summed E-state index contributed by atoms with van der Waals surface area (Å²) in [5.41, 5.74) is 2.01. The van der Waals surface area contributed by atoms with E-state index in [1.807, 2.05) is 24.3 Å². The summed E-state index contributed by atoms with van der Waals surface area (Å²) in [6.45, 7) is 1.74. The molecule has 0 heterocycles. The average molecular weight is 204 g/mol. The lowest BCUT2D eigenvalue weighted by Crippen LogP contribution is -2.25. The Morgan fingerprint density at radius 3 is 2.93 bits per heavy atom. The van der Waals surface area contributed by atoms with Crippen molar-refractivity contribution in [2.45, 2.75) is 32.3 Å². The van der Waals surface area contributed by atoms with Gasteiger partial charge < -0.3 is 5.11 Å². The number of fused-ring (bicyclic) bond motifs is 1. The molecule has 0 unspecified atom stereocenters. The predicted octanol–water partition coefficient (Wildman–Crippen LogP) is 2.20. The molecule has 0 radical (unpaired) electrons. The SMILES string of the molecule is C[C@@H](O)C[C@@H]1CCc2ccccc2C1=O. The number of benzene rings is 1. The maximum atomic E-state index is 12.0. The normalized spacial score (nSPS) is 22.3. The first-order chi connectivity index (χ1) is 7.18. The molecule has 0 spiro atoms. The molecule has 80 valence electrons. The minimum Gasteiger partial charge on any atom is -0.393 e. The van der Waals surface area contributed by atoms with E-state index in [1.54, 1.807) is 6.92 Å². The molecule has 2 nitrogen and oxygen atoms in total. The Bertz CT molecular complexity index is 369. The van der Waals surface area contributed by atoms with Gasteiger partial charge in [-0.25, -0.2) is 0 Å². The zero-order chi connectivity index (χ0) is 10.8. The Kier molecular flexibility index (Phi) is 2.87. The van der Waals surface area contributed by atoms with Gasteiger partial charge in [0.05, 0.1) is 6.10 Å². The van der Waals surface area contributed by atoms with Crippen LogP contribution in [0.2, 0.25) is 0 Å². The Labute approximate surface area is 89.9 Å². The molecule has 0 aliphatic heterocycles. The highest BCUT2D eigenvalue weighted by Gasteiger charge is 2.27. The number of carbonyl (C=O) groups is 1. The summed E-state index contributed by atoms with van der Waals surface area (Å²) in [4.78, 5) is 12.0. The van der Waals surface area contributed by atoms with Crippen LogP contribution in [0.3, 0.4) is 0 Å². The first kappa shape index (κ1) is 10.4. The van der Waals surface area contributed by atoms with Gasteiger partial charge in [-0.15, -0.1) is 0 Å². The lowest BCUT2D eigenvalue weighted by atomic mass is 9.80. The van der Waals surface area contributed by atoms with Crippen LogP contribution in [0.4, 0.5) is 0 Å². The molecule has 0 aromatic heterocycles. The lowest BCUT2D eigenvalue weighted by molar-refractivity contribution is 0.0827. The van der Waals surface area contributed by atoms with E-state index in [9.17, 15) is 9.90 Å². The molecule has 0 saturated carbocycles. The van der Waals surface area contributed by atoms with Gasteiger partial charge in [0.2, 0.25) is 0 Å². The third-order valence-corrected chi connectivity index (χ3v) is 3.04. The van der Waals surface area contributed by atoms with Gasteiger partial charge >= 0.3 is 0 Å². The maximum absolute atomic E-state index is 12.0. The van der Waals surface area contributed by atoms with E-state index in [0.29, 0.717) is 6.42 Å². The zero-order valence-electron chi connectivity index (χ0n) is 8.94. The number of aryl methyl sites for hydroxylation is 1. The van der Waals surface area contributed by atoms with Crippen LogP contribution in [-0.2, 0) is 6.42 Å². The zero-order valence-corrected chi connectivity index (χ0v) is 8.94. The van der Waals surface area contributed by atoms with E-state index in [0.717, 1.165) is 24.0 Å². The summed E-state index contributed by atoms with van der Waals surface area (Å²) >= 11 is 0. The van der Waals surface area contributed by atoms with Crippen LogP contribution < -0.4 is 0 Å². The van der Waals surface area contributed by atoms with E-state index in [4.69, 9.17) is 0 Å². The number of ketones is 1. The monoisotopic (exact) mass is 204 g/mol. The van der Waals surface area contributed by atoms with Crippen LogP contribution in [0, 0.1) is 5.92 Å². The lowest BCUT2D eigenvalue weighted by Gasteiger charge is -2.23. The predicted molar refractivity (Wildman–Crippen MR) is 58.9 cm³/mol. The molecule has 2 atom stereocenters.